The second kappa shape index (κ2) is 7.46. The van der Waals surface area contributed by atoms with Gasteiger partial charge in [0.15, 0.2) is 5.78 Å². The van der Waals surface area contributed by atoms with Crippen LogP contribution in [0.3, 0.4) is 0 Å². The van der Waals surface area contributed by atoms with E-state index in [1.165, 1.54) is 18.5 Å². The van der Waals surface area contributed by atoms with Crippen LogP contribution in [0.1, 0.15) is 23.7 Å². The maximum Gasteiger partial charge on any atom is 0.313 e. The predicted molar refractivity (Wildman–Crippen MR) is 53.8 cm³/mol. The minimum absolute atomic E-state index is 0. The summed E-state index contributed by atoms with van der Waals surface area (Å²) in [5.41, 5.74) is 7.62. The Morgan fingerprint density at radius 2 is 2.19 bits per heavy atom. The van der Waals surface area contributed by atoms with Gasteiger partial charge >= 0.3 is 5.97 Å². The van der Waals surface area contributed by atoms with Gasteiger partial charge in [0.2, 0.25) is 0 Å². The molecular formula is C10H11N2O3Y-. The van der Waals surface area contributed by atoms with Gasteiger partial charge in [-0.25, -0.2) is 0 Å². The molecule has 0 bridgehead atoms. The number of hydrogen-bond acceptors (Lipinski definition) is 4. The molecule has 0 saturated carbocycles. The van der Waals surface area contributed by atoms with Crippen molar-refractivity contribution in [1.82, 2.24) is 4.98 Å². The molecule has 1 aromatic heterocycles. The van der Waals surface area contributed by atoms with E-state index in [4.69, 9.17) is 5.73 Å². The first-order valence-corrected chi connectivity index (χ1v) is 4.49. The largest absolute Gasteiger partial charge is 0.697 e. The number of esters is 1. The molecule has 0 atom stereocenters. The molecule has 16 heavy (non-hydrogen) atoms. The first-order chi connectivity index (χ1) is 7.15. The molecule has 0 spiro atoms. The van der Waals surface area contributed by atoms with Crippen molar-refractivity contribution in [2.75, 3.05) is 6.61 Å². The van der Waals surface area contributed by atoms with Gasteiger partial charge in [-0.2, -0.15) is 0 Å². The fourth-order valence-electron chi connectivity index (χ4n) is 1.08. The molecule has 0 aromatic carbocycles. The van der Waals surface area contributed by atoms with Crippen LogP contribution >= 0.6 is 0 Å². The Morgan fingerprint density at radius 3 is 2.75 bits per heavy atom. The SMILES string of the molecule is CCOC(=O)CC(=O)c1ccncc1[NH-].[Y]. The molecule has 0 aliphatic carbocycles. The summed E-state index contributed by atoms with van der Waals surface area (Å²) < 4.78 is 4.64. The zero-order chi connectivity index (χ0) is 11.3. The number of ether oxygens (including phenoxy) is 1. The third-order valence-electron chi connectivity index (χ3n) is 1.73. The topological polar surface area (TPSA) is 80.1 Å². The van der Waals surface area contributed by atoms with Gasteiger partial charge in [0.25, 0.3) is 0 Å². The maximum atomic E-state index is 11.5. The Labute approximate surface area is 119 Å². The van der Waals surface area contributed by atoms with E-state index < -0.39 is 11.8 Å². The molecule has 0 saturated heterocycles. The van der Waals surface area contributed by atoms with Gasteiger partial charge in [-0.1, -0.05) is 0 Å². The van der Waals surface area contributed by atoms with E-state index in [1.807, 2.05) is 0 Å². The van der Waals surface area contributed by atoms with E-state index in [9.17, 15) is 9.59 Å². The first-order valence-electron chi connectivity index (χ1n) is 4.49. The molecule has 1 heterocycles. The minimum Gasteiger partial charge on any atom is -0.697 e. The summed E-state index contributed by atoms with van der Waals surface area (Å²) in [4.78, 5) is 26.2. The van der Waals surface area contributed by atoms with Crippen LogP contribution in [-0.2, 0) is 42.2 Å². The van der Waals surface area contributed by atoms with Gasteiger partial charge in [0, 0.05) is 50.7 Å². The number of Topliss-reactive ketones (excluding diaryl/α,β-unsaturated/α-hetero) is 1. The molecule has 0 aliphatic rings. The second-order valence-electron chi connectivity index (χ2n) is 2.83. The monoisotopic (exact) mass is 296 g/mol. The number of hydrogen-bond donors (Lipinski definition) is 0. The van der Waals surface area contributed by atoms with Crippen LogP contribution in [0.2, 0.25) is 0 Å². The Kier molecular flexibility index (Phi) is 7.09. The normalized spacial score (nSPS) is 9.06. The van der Waals surface area contributed by atoms with Crippen molar-refractivity contribution < 1.29 is 47.0 Å². The summed E-state index contributed by atoms with van der Waals surface area (Å²) in [5, 5.41) is 0. The molecule has 0 aliphatic heterocycles. The predicted octanol–water partition coefficient (Wildman–Crippen LogP) is 1.90. The van der Waals surface area contributed by atoms with Crippen LogP contribution in [0.4, 0.5) is 5.69 Å². The van der Waals surface area contributed by atoms with Gasteiger partial charge in [-0.3, -0.25) is 14.6 Å². The van der Waals surface area contributed by atoms with E-state index in [-0.39, 0.29) is 57.0 Å². The van der Waals surface area contributed by atoms with Crippen molar-refractivity contribution in [2.45, 2.75) is 13.3 Å². The quantitative estimate of drug-likeness (QED) is 0.483. The number of rotatable bonds is 4. The molecule has 1 radical (unpaired) electrons. The van der Waals surface area contributed by atoms with E-state index in [0.717, 1.165) is 0 Å². The molecule has 6 heteroatoms. The van der Waals surface area contributed by atoms with Gasteiger partial charge in [0.05, 0.1) is 6.61 Å². The molecule has 0 fully saturated rings. The van der Waals surface area contributed by atoms with Crippen molar-refractivity contribution in [1.29, 1.82) is 0 Å². The molecule has 5 nitrogen and oxygen atoms in total. The Morgan fingerprint density at radius 1 is 1.50 bits per heavy atom. The number of ketones is 1. The minimum atomic E-state index is -0.571. The van der Waals surface area contributed by atoms with Crippen molar-refractivity contribution in [2.24, 2.45) is 0 Å². The van der Waals surface area contributed by atoms with Crippen LogP contribution in [0.5, 0.6) is 0 Å². The van der Waals surface area contributed by atoms with E-state index >= 15 is 0 Å². The number of carbonyl (C=O) groups is 2. The number of pyridine rings is 1. The zero-order valence-electron chi connectivity index (χ0n) is 8.90. The first kappa shape index (κ1) is 15.2. The van der Waals surface area contributed by atoms with Crippen molar-refractivity contribution in [3.63, 3.8) is 0 Å². The summed E-state index contributed by atoms with van der Waals surface area (Å²) in [7, 11) is 0. The van der Waals surface area contributed by atoms with Gasteiger partial charge in [-0.15, -0.1) is 5.69 Å². The Balaban J connectivity index is 0.00000225. The summed E-state index contributed by atoms with van der Waals surface area (Å²) in [6.07, 6.45) is 2.35. The number of nitrogens with one attached hydrogen (secondary N) is 1. The van der Waals surface area contributed by atoms with E-state index in [0.29, 0.717) is 0 Å². The van der Waals surface area contributed by atoms with Crippen LogP contribution in [-0.4, -0.2) is 23.3 Å². The molecule has 1 rings (SSSR count). The molecular weight excluding hydrogens is 285 g/mol. The van der Waals surface area contributed by atoms with Crippen LogP contribution in [0.25, 0.3) is 5.73 Å². The summed E-state index contributed by atoms with van der Waals surface area (Å²) >= 11 is 0. The number of nitrogens with zero attached hydrogens (tertiary/aromatic N) is 1. The van der Waals surface area contributed by atoms with Gasteiger partial charge in [0.1, 0.15) is 6.42 Å². The average molecular weight is 296 g/mol. The fourth-order valence-corrected chi connectivity index (χ4v) is 1.08. The molecule has 1 aromatic rings. The van der Waals surface area contributed by atoms with Crippen LogP contribution in [0.15, 0.2) is 18.5 Å². The van der Waals surface area contributed by atoms with Gasteiger partial charge in [-0.05, 0) is 13.0 Å². The van der Waals surface area contributed by atoms with Crippen molar-refractivity contribution in [3.8, 4) is 0 Å². The number of carbonyl (C=O) groups excluding carboxylic acids is 2. The average Bonchev–Trinajstić information content (AvgIpc) is 2.18. The Bertz CT molecular complexity index is 382. The maximum absolute atomic E-state index is 11.5. The van der Waals surface area contributed by atoms with E-state index in [1.54, 1.807) is 6.92 Å². The second-order valence-corrected chi connectivity index (χ2v) is 2.83. The third kappa shape index (κ3) is 4.37. The van der Waals surface area contributed by atoms with Crippen molar-refractivity contribution in [3.05, 3.63) is 29.8 Å². The standard InChI is InChI=1S/C10H12N2O3.Y/c1-2-15-10(14)5-9(13)7-3-4-12-6-8(7)11;/h3-4,6H,2,5H2,1H3,(H2,11,13);/p-1. The fraction of sp³-hybridized carbons (Fsp3) is 0.300. The third-order valence-corrected chi connectivity index (χ3v) is 1.73. The summed E-state index contributed by atoms with van der Waals surface area (Å²) in [6.45, 7) is 1.92. The smallest absolute Gasteiger partial charge is 0.313 e. The summed E-state index contributed by atoms with van der Waals surface area (Å²) in [6, 6.07) is 1.42. The Hall–Kier alpha value is -0.806. The molecule has 83 valence electrons. The molecule has 0 amide bonds. The number of aromatic nitrogens is 1. The molecule has 1 N–H and O–H groups in total. The van der Waals surface area contributed by atoms with Crippen LogP contribution < -0.4 is 0 Å². The van der Waals surface area contributed by atoms with Crippen molar-refractivity contribution >= 4 is 17.4 Å². The van der Waals surface area contributed by atoms with Crippen LogP contribution in [0, 0.1) is 0 Å². The van der Waals surface area contributed by atoms with E-state index in [2.05, 4.69) is 9.72 Å². The van der Waals surface area contributed by atoms with Gasteiger partial charge < -0.3 is 10.5 Å². The zero-order valence-corrected chi connectivity index (χ0v) is 11.7. The summed E-state index contributed by atoms with van der Waals surface area (Å²) in [5.74, 6) is -0.987. The molecule has 0 unspecified atom stereocenters.